The lowest BCUT2D eigenvalue weighted by atomic mass is 10.0. The molecule has 0 unspecified atom stereocenters. The molecule has 3 aromatic rings. The van der Waals surface area contributed by atoms with Crippen LogP contribution in [0.1, 0.15) is 76.5 Å². The summed E-state index contributed by atoms with van der Waals surface area (Å²) in [7, 11) is 0. The average Bonchev–Trinajstić information content (AvgIpc) is 3.15. The van der Waals surface area contributed by atoms with Crippen molar-refractivity contribution in [1.29, 1.82) is 0 Å². The molecule has 0 fully saturated rings. The van der Waals surface area contributed by atoms with Gasteiger partial charge in [-0.3, -0.25) is 0 Å². The first kappa shape index (κ1) is 39.5. The summed E-state index contributed by atoms with van der Waals surface area (Å²) < 4.78 is 37.5. The summed E-state index contributed by atoms with van der Waals surface area (Å²) >= 11 is 0. The van der Waals surface area contributed by atoms with Crippen molar-refractivity contribution in [2.75, 3.05) is 33.0 Å². The second-order valence-electron chi connectivity index (χ2n) is 10.8. The first-order chi connectivity index (χ1) is 24.7. The van der Waals surface area contributed by atoms with Gasteiger partial charge in [-0.05, 0) is 73.2 Å². The lowest BCUT2D eigenvalue weighted by Crippen LogP contribution is -2.18. The summed E-state index contributed by atoms with van der Waals surface area (Å²) in [6, 6.07) is 16.5. The number of esters is 5. The van der Waals surface area contributed by atoms with Crippen LogP contribution in [0.5, 0.6) is 23.0 Å². The number of ether oxygens (including phenoxy) is 7. The minimum atomic E-state index is -0.833. The Morgan fingerprint density at radius 3 is 1.51 bits per heavy atom. The molecule has 12 heteroatoms. The number of carbonyl (C=O) groups excluding carboxylic acids is 5. The molecular weight excluding hydrogens is 660 g/mol. The number of hydrogen-bond donors (Lipinski definition) is 0. The van der Waals surface area contributed by atoms with Gasteiger partial charge in [0.05, 0.1) is 49.7 Å². The average molecular weight is 703 g/mol. The minimum absolute atomic E-state index is 0.0136. The molecule has 0 spiro atoms. The van der Waals surface area contributed by atoms with E-state index in [9.17, 15) is 24.0 Å². The smallest absolute Gasteiger partial charge is 0.344 e. The Kier molecular flexibility index (Phi) is 17.0. The standard InChI is InChI=1S/C39H42O12/c1-4-7-8-9-22-49-38(43)34-27-28(37(42)50-31-17-13-29(14-18-31)45-23-10-25-47-35(40)5-2)12-21-33(34)39(44)51-32-19-15-30(16-20-32)46-24-11-26-48-36(41)6-3/h5-6,12-21,27H,2-4,7-11,22-26H2,1H3. The first-order valence-corrected chi connectivity index (χ1v) is 16.5. The maximum atomic E-state index is 13.3. The van der Waals surface area contributed by atoms with Crippen LogP contribution in [0.3, 0.4) is 0 Å². The predicted molar refractivity (Wildman–Crippen MR) is 186 cm³/mol. The fourth-order valence-electron chi connectivity index (χ4n) is 4.29. The van der Waals surface area contributed by atoms with Gasteiger partial charge in [0.15, 0.2) is 0 Å². The molecule has 0 aliphatic carbocycles. The van der Waals surface area contributed by atoms with Crippen molar-refractivity contribution in [3.8, 4) is 23.0 Å². The van der Waals surface area contributed by atoms with Crippen molar-refractivity contribution in [3.63, 3.8) is 0 Å². The normalized spacial score (nSPS) is 10.3. The maximum Gasteiger partial charge on any atom is 0.344 e. The van der Waals surface area contributed by atoms with Gasteiger partial charge in [-0.2, -0.15) is 0 Å². The van der Waals surface area contributed by atoms with Crippen molar-refractivity contribution in [3.05, 3.63) is 109 Å². The molecule has 0 aromatic heterocycles. The number of carbonyl (C=O) groups is 5. The quantitative estimate of drug-likeness (QED) is 0.0354. The van der Waals surface area contributed by atoms with Crippen LogP contribution in [0.2, 0.25) is 0 Å². The summed E-state index contributed by atoms with van der Waals surface area (Å²) in [6.45, 7) is 9.85. The van der Waals surface area contributed by atoms with Gasteiger partial charge in [0.2, 0.25) is 0 Å². The second-order valence-corrected chi connectivity index (χ2v) is 10.8. The summed E-state index contributed by atoms with van der Waals surface area (Å²) in [6.07, 6.45) is 6.65. The molecule has 0 atom stereocenters. The second kappa shape index (κ2) is 21.9. The Labute approximate surface area is 296 Å². The van der Waals surface area contributed by atoms with Crippen LogP contribution in [0.4, 0.5) is 0 Å². The van der Waals surface area contributed by atoms with Gasteiger partial charge in [0, 0.05) is 25.0 Å². The molecule has 0 amide bonds. The molecule has 270 valence electrons. The summed E-state index contributed by atoms with van der Waals surface area (Å²) in [5, 5.41) is 0. The molecule has 51 heavy (non-hydrogen) atoms. The molecule has 0 saturated heterocycles. The zero-order valence-electron chi connectivity index (χ0n) is 28.6. The van der Waals surface area contributed by atoms with Gasteiger partial charge in [-0.15, -0.1) is 0 Å². The fourth-order valence-corrected chi connectivity index (χ4v) is 4.29. The lowest BCUT2D eigenvalue weighted by Gasteiger charge is -2.12. The number of unbranched alkanes of at least 4 members (excludes halogenated alkanes) is 3. The third kappa shape index (κ3) is 14.2. The Bertz CT molecular complexity index is 1630. The van der Waals surface area contributed by atoms with Crippen LogP contribution >= 0.6 is 0 Å². The van der Waals surface area contributed by atoms with Crippen molar-refractivity contribution in [1.82, 2.24) is 0 Å². The fraction of sp³-hybridized carbons (Fsp3) is 0.308. The van der Waals surface area contributed by atoms with Gasteiger partial charge >= 0.3 is 29.8 Å². The van der Waals surface area contributed by atoms with Crippen molar-refractivity contribution >= 4 is 29.8 Å². The summed E-state index contributed by atoms with van der Waals surface area (Å²) in [4.78, 5) is 61.7. The molecule has 0 N–H and O–H groups in total. The van der Waals surface area contributed by atoms with E-state index in [1.807, 2.05) is 0 Å². The first-order valence-electron chi connectivity index (χ1n) is 16.5. The van der Waals surface area contributed by atoms with Crippen LogP contribution < -0.4 is 18.9 Å². The molecule has 0 bridgehead atoms. The topological polar surface area (TPSA) is 150 Å². The van der Waals surface area contributed by atoms with E-state index in [2.05, 4.69) is 20.1 Å². The number of benzene rings is 3. The SMILES string of the molecule is C=CC(=O)OCCCOc1ccc(OC(=O)c2ccc(C(=O)Oc3ccc(OCCCOC(=O)C=C)cc3)c(C(=O)OCCCCCC)c2)cc1. The van der Waals surface area contributed by atoms with E-state index < -0.39 is 29.8 Å². The molecule has 0 heterocycles. The summed E-state index contributed by atoms with van der Waals surface area (Å²) in [5.41, 5.74) is -0.232. The highest BCUT2D eigenvalue weighted by Gasteiger charge is 2.23. The largest absolute Gasteiger partial charge is 0.493 e. The molecule has 0 aliphatic rings. The van der Waals surface area contributed by atoms with Gasteiger partial charge in [-0.25, -0.2) is 24.0 Å². The van der Waals surface area contributed by atoms with E-state index in [0.29, 0.717) is 44.0 Å². The van der Waals surface area contributed by atoms with Crippen molar-refractivity contribution in [2.45, 2.75) is 45.4 Å². The zero-order valence-corrected chi connectivity index (χ0v) is 28.6. The molecule has 12 nitrogen and oxygen atoms in total. The predicted octanol–water partition coefficient (Wildman–Crippen LogP) is 6.86. The Hall–Kier alpha value is -5.91. The highest BCUT2D eigenvalue weighted by molar-refractivity contribution is 6.06. The lowest BCUT2D eigenvalue weighted by molar-refractivity contribution is -0.138. The molecule has 3 rings (SSSR count). The molecular formula is C39H42O12. The van der Waals surface area contributed by atoms with Crippen LogP contribution in [0, 0.1) is 0 Å². The Balaban J connectivity index is 1.64. The van der Waals surface area contributed by atoms with Crippen LogP contribution in [0.15, 0.2) is 92.0 Å². The van der Waals surface area contributed by atoms with Gasteiger partial charge in [0.1, 0.15) is 23.0 Å². The number of rotatable bonds is 22. The molecule has 0 radical (unpaired) electrons. The minimum Gasteiger partial charge on any atom is -0.493 e. The van der Waals surface area contributed by atoms with Crippen LogP contribution in [-0.4, -0.2) is 62.9 Å². The van der Waals surface area contributed by atoms with Gasteiger partial charge < -0.3 is 33.2 Å². The van der Waals surface area contributed by atoms with E-state index in [4.69, 9.17) is 33.2 Å². The van der Waals surface area contributed by atoms with E-state index in [-0.39, 0.29) is 48.0 Å². The van der Waals surface area contributed by atoms with Gasteiger partial charge in [-0.1, -0.05) is 39.3 Å². The van der Waals surface area contributed by atoms with E-state index in [1.54, 1.807) is 36.4 Å². The Morgan fingerprint density at radius 2 is 1.00 bits per heavy atom. The van der Waals surface area contributed by atoms with Crippen molar-refractivity contribution in [2.24, 2.45) is 0 Å². The van der Waals surface area contributed by atoms with E-state index in [0.717, 1.165) is 31.4 Å². The van der Waals surface area contributed by atoms with Crippen LogP contribution in [-0.2, 0) is 23.8 Å². The number of hydrogen-bond acceptors (Lipinski definition) is 12. The summed E-state index contributed by atoms with van der Waals surface area (Å²) in [5.74, 6) is -1.95. The zero-order chi connectivity index (χ0) is 36.8. The van der Waals surface area contributed by atoms with E-state index in [1.165, 1.54) is 30.3 Å². The van der Waals surface area contributed by atoms with Crippen LogP contribution in [0.25, 0.3) is 0 Å². The highest BCUT2D eigenvalue weighted by Crippen LogP contribution is 2.23. The monoisotopic (exact) mass is 702 g/mol. The molecule has 0 saturated carbocycles. The molecule has 3 aromatic carbocycles. The highest BCUT2D eigenvalue weighted by atomic mass is 16.6. The maximum absolute atomic E-state index is 13.3. The third-order valence-electron chi connectivity index (χ3n) is 6.93. The van der Waals surface area contributed by atoms with Gasteiger partial charge in [0.25, 0.3) is 0 Å². The molecule has 0 aliphatic heterocycles. The third-order valence-corrected chi connectivity index (χ3v) is 6.93. The van der Waals surface area contributed by atoms with Crippen molar-refractivity contribution < 1.29 is 57.1 Å². The Morgan fingerprint density at radius 1 is 0.510 bits per heavy atom. The van der Waals surface area contributed by atoms with E-state index >= 15 is 0 Å².